The number of imidazole rings is 1. The molecule has 2 aromatic heterocycles. The van der Waals surface area contributed by atoms with Gasteiger partial charge in [0.1, 0.15) is 5.82 Å². The third-order valence-corrected chi connectivity index (χ3v) is 5.45. The van der Waals surface area contributed by atoms with Crippen molar-refractivity contribution >= 4 is 33.8 Å². The maximum atomic E-state index is 12.9. The highest BCUT2D eigenvalue weighted by molar-refractivity contribution is 6.05. The van der Waals surface area contributed by atoms with Crippen LogP contribution in [0.4, 0.5) is 5.95 Å². The Kier molecular flexibility index (Phi) is 4.35. The first-order chi connectivity index (χ1) is 14.2. The number of nitrogens with zero attached hydrogens (tertiary/aromatic N) is 3. The summed E-state index contributed by atoms with van der Waals surface area (Å²) in [6, 6.07) is 12.6. The molecule has 0 aliphatic carbocycles. The number of carbonyl (C=O) groups is 1. The summed E-state index contributed by atoms with van der Waals surface area (Å²) in [5.74, 6) is 0.916. The van der Waals surface area contributed by atoms with E-state index >= 15 is 0 Å². The van der Waals surface area contributed by atoms with Gasteiger partial charge in [0, 0.05) is 18.5 Å². The van der Waals surface area contributed by atoms with Crippen molar-refractivity contribution in [3.63, 3.8) is 0 Å². The maximum Gasteiger partial charge on any atom is 0.261 e. The summed E-state index contributed by atoms with van der Waals surface area (Å²) >= 11 is 0. The highest BCUT2D eigenvalue weighted by Crippen LogP contribution is 2.18. The number of aryl methyl sites for hydroxylation is 1. The summed E-state index contributed by atoms with van der Waals surface area (Å²) in [4.78, 5) is 37.8. The number of carbonyl (C=O) groups excluding carboxylic acids is 1. The molecule has 3 heterocycles. The van der Waals surface area contributed by atoms with Gasteiger partial charge in [-0.2, -0.15) is 0 Å². The van der Waals surface area contributed by atoms with Gasteiger partial charge in [0.05, 0.1) is 21.9 Å². The van der Waals surface area contributed by atoms with Gasteiger partial charge in [-0.15, -0.1) is 0 Å². The zero-order chi connectivity index (χ0) is 19.8. The van der Waals surface area contributed by atoms with Crippen LogP contribution in [0, 0.1) is 0 Å². The van der Waals surface area contributed by atoms with Crippen LogP contribution in [-0.4, -0.2) is 25.4 Å². The molecule has 0 spiro atoms. The van der Waals surface area contributed by atoms with Crippen LogP contribution < -0.4 is 10.9 Å². The molecule has 0 fully saturated rings. The molecule has 2 aromatic carbocycles. The lowest BCUT2D eigenvalue weighted by Crippen LogP contribution is -2.26. The number of benzene rings is 2. The molecule has 146 valence electrons. The van der Waals surface area contributed by atoms with Crippen LogP contribution in [0.15, 0.2) is 47.3 Å². The molecule has 1 amide bonds. The number of aromatic nitrogens is 4. The molecule has 4 aromatic rings. The van der Waals surface area contributed by atoms with Crippen LogP contribution in [0.5, 0.6) is 0 Å². The second kappa shape index (κ2) is 7.16. The Labute approximate surface area is 166 Å². The van der Waals surface area contributed by atoms with Crippen molar-refractivity contribution in [2.75, 3.05) is 5.32 Å². The van der Waals surface area contributed by atoms with E-state index in [1.54, 1.807) is 22.8 Å². The van der Waals surface area contributed by atoms with Gasteiger partial charge >= 0.3 is 0 Å². The number of aromatic amines is 1. The number of amides is 1. The number of H-pyrrole nitrogens is 1. The number of hydrogen-bond acceptors (Lipinski definition) is 4. The van der Waals surface area contributed by atoms with E-state index in [0.717, 1.165) is 49.0 Å². The van der Waals surface area contributed by atoms with Crippen LogP contribution in [0.2, 0.25) is 0 Å². The fourth-order valence-electron chi connectivity index (χ4n) is 3.93. The number of para-hydroxylation sites is 2. The third-order valence-electron chi connectivity index (χ3n) is 5.45. The van der Waals surface area contributed by atoms with E-state index < -0.39 is 0 Å². The number of rotatable bonds is 2. The highest BCUT2D eigenvalue weighted by atomic mass is 16.2. The molecule has 0 unspecified atom stereocenters. The van der Waals surface area contributed by atoms with Gasteiger partial charge in [-0.3, -0.25) is 19.5 Å². The van der Waals surface area contributed by atoms with Gasteiger partial charge in [-0.25, -0.2) is 9.97 Å². The molecule has 7 nitrogen and oxygen atoms in total. The van der Waals surface area contributed by atoms with Gasteiger partial charge in [0.15, 0.2) is 0 Å². The Hall–Kier alpha value is -3.48. The second-order valence-electron chi connectivity index (χ2n) is 7.44. The van der Waals surface area contributed by atoms with E-state index in [0.29, 0.717) is 29.0 Å². The normalized spacial score (nSPS) is 14.3. The summed E-state index contributed by atoms with van der Waals surface area (Å²) in [5, 5.41) is 3.34. The molecular weight excluding hydrogens is 366 g/mol. The molecular formula is C22H21N5O2. The minimum atomic E-state index is -0.292. The molecule has 0 saturated heterocycles. The van der Waals surface area contributed by atoms with Crippen LogP contribution in [-0.2, 0) is 13.0 Å². The third kappa shape index (κ3) is 3.29. The zero-order valence-corrected chi connectivity index (χ0v) is 15.9. The van der Waals surface area contributed by atoms with Gasteiger partial charge in [-0.05, 0) is 43.2 Å². The van der Waals surface area contributed by atoms with Crippen molar-refractivity contribution in [2.45, 2.75) is 38.6 Å². The van der Waals surface area contributed by atoms with Gasteiger partial charge in [0.2, 0.25) is 5.95 Å². The van der Waals surface area contributed by atoms with E-state index in [9.17, 15) is 9.59 Å². The Morgan fingerprint density at radius 2 is 1.86 bits per heavy atom. The molecule has 0 bridgehead atoms. The largest absolute Gasteiger partial charge is 0.324 e. The summed E-state index contributed by atoms with van der Waals surface area (Å²) in [7, 11) is 0. The molecule has 0 saturated carbocycles. The Morgan fingerprint density at radius 1 is 1.00 bits per heavy atom. The molecule has 5 rings (SSSR count). The van der Waals surface area contributed by atoms with Crippen LogP contribution in [0.1, 0.15) is 41.9 Å². The lowest BCUT2D eigenvalue weighted by Gasteiger charge is -2.16. The van der Waals surface area contributed by atoms with Crippen molar-refractivity contribution in [1.29, 1.82) is 0 Å². The van der Waals surface area contributed by atoms with Crippen molar-refractivity contribution in [1.82, 2.24) is 19.5 Å². The summed E-state index contributed by atoms with van der Waals surface area (Å²) in [6.45, 7) is 0.714. The molecule has 0 atom stereocenters. The van der Waals surface area contributed by atoms with E-state index in [1.165, 1.54) is 0 Å². The second-order valence-corrected chi connectivity index (χ2v) is 7.44. The predicted octanol–water partition coefficient (Wildman–Crippen LogP) is 3.64. The van der Waals surface area contributed by atoms with E-state index in [2.05, 4.69) is 15.3 Å². The molecule has 2 N–H and O–H groups in total. The standard InChI is InChI=1S/C22H21N5O2/c28-20(26-22-24-16-7-4-5-8-17(16)25-22)14-10-11-15-18(13-14)23-19-9-3-1-2-6-12-27(19)21(15)29/h4-5,7-8,10-11,13H,1-3,6,9,12H2,(H2,24,25,26,28). The van der Waals surface area contributed by atoms with Crippen molar-refractivity contribution in [2.24, 2.45) is 0 Å². The maximum absolute atomic E-state index is 12.9. The Morgan fingerprint density at radius 3 is 2.76 bits per heavy atom. The average Bonchev–Trinajstić information content (AvgIpc) is 3.11. The topological polar surface area (TPSA) is 92.7 Å². The van der Waals surface area contributed by atoms with Crippen molar-refractivity contribution in [3.8, 4) is 0 Å². The predicted molar refractivity (Wildman–Crippen MR) is 112 cm³/mol. The Bertz CT molecular complexity index is 1250. The van der Waals surface area contributed by atoms with Crippen molar-refractivity contribution < 1.29 is 4.79 Å². The van der Waals surface area contributed by atoms with Crippen molar-refractivity contribution in [3.05, 3.63) is 64.2 Å². The molecule has 29 heavy (non-hydrogen) atoms. The van der Waals surface area contributed by atoms with Crippen LogP contribution in [0.25, 0.3) is 21.9 Å². The molecule has 1 aliphatic rings. The number of hydrogen-bond donors (Lipinski definition) is 2. The first-order valence-electron chi connectivity index (χ1n) is 9.99. The average molecular weight is 387 g/mol. The fraction of sp³-hybridized carbons (Fsp3) is 0.273. The SMILES string of the molecule is O=C(Nc1nc2ccccc2[nH]1)c1ccc2c(=O)n3c(nc2c1)CCCCCC3. The summed E-state index contributed by atoms with van der Waals surface area (Å²) in [6.07, 6.45) is 5.13. The first-order valence-corrected chi connectivity index (χ1v) is 9.99. The highest BCUT2D eigenvalue weighted by Gasteiger charge is 2.15. The number of nitrogens with one attached hydrogen (secondary N) is 2. The quantitative estimate of drug-likeness (QED) is 0.549. The number of fused-ring (bicyclic) bond motifs is 3. The van der Waals surface area contributed by atoms with E-state index in [4.69, 9.17) is 4.98 Å². The van der Waals surface area contributed by atoms with E-state index in [-0.39, 0.29) is 11.5 Å². The van der Waals surface area contributed by atoms with Gasteiger partial charge < -0.3 is 4.98 Å². The first kappa shape index (κ1) is 17.6. The molecule has 1 aliphatic heterocycles. The molecule has 7 heteroatoms. The summed E-state index contributed by atoms with van der Waals surface area (Å²) in [5.41, 5.74) is 2.64. The lowest BCUT2D eigenvalue weighted by atomic mass is 10.1. The number of anilines is 1. The molecule has 0 radical (unpaired) electrons. The van der Waals surface area contributed by atoms with Gasteiger partial charge in [0.25, 0.3) is 11.5 Å². The lowest BCUT2D eigenvalue weighted by molar-refractivity contribution is 0.102. The minimum Gasteiger partial charge on any atom is -0.324 e. The van der Waals surface area contributed by atoms with E-state index in [1.807, 2.05) is 24.3 Å². The van der Waals surface area contributed by atoms with Crippen LogP contribution >= 0.6 is 0 Å². The smallest absolute Gasteiger partial charge is 0.261 e. The zero-order valence-electron chi connectivity index (χ0n) is 15.9. The Balaban J connectivity index is 1.49. The summed E-state index contributed by atoms with van der Waals surface area (Å²) < 4.78 is 1.80. The minimum absolute atomic E-state index is 0.0175. The van der Waals surface area contributed by atoms with Crippen LogP contribution in [0.3, 0.4) is 0 Å². The monoisotopic (exact) mass is 387 g/mol. The van der Waals surface area contributed by atoms with Gasteiger partial charge in [-0.1, -0.05) is 25.0 Å². The fourth-order valence-corrected chi connectivity index (χ4v) is 3.93.